The topological polar surface area (TPSA) is 17.8 Å². The third-order valence-electron chi connectivity index (χ3n) is 10.1. The average molecular weight is 695 g/mol. The van der Waals surface area contributed by atoms with Crippen LogP contribution in [0.5, 0.6) is 0 Å². The Morgan fingerprint density at radius 2 is 0.865 bits per heavy atom. The third-order valence-corrected chi connectivity index (χ3v) is 14.8. The van der Waals surface area contributed by atoms with Gasteiger partial charge in [0.2, 0.25) is 6.71 Å². The molecule has 0 atom stereocenters. The highest BCUT2D eigenvalue weighted by molar-refractivity contribution is 7.10. The van der Waals surface area contributed by atoms with Crippen LogP contribution in [-0.2, 0) is 17.0 Å². The summed E-state index contributed by atoms with van der Waals surface area (Å²) in [5, 5.41) is 4.32. The maximum absolute atomic E-state index is 4.39. The molecule has 7 aromatic rings. The van der Waals surface area contributed by atoms with E-state index >= 15 is 0 Å². The zero-order valence-corrected chi connectivity index (χ0v) is 32.6. The van der Waals surface area contributed by atoms with E-state index in [0.29, 0.717) is 6.71 Å². The molecule has 260 valence electrons. The fourth-order valence-corrected chi connectivity index (χ4v) is 11.8. The molecule has 1 aromatic heterocycles. The summed E-state index contributed by atoms with van der Waals surface area (Å²) in [5.41, 5.74) is 6.94. The van der Waals surface area contributed by atoms with Crippen LogP contribution in [-0.4, -0.2) is 24.3 Å². The molecule has 0 unspecified atom stereocenters. The highest BCUT2D eigenvalue weighted by atomic mass is 28.3. The van der Waals surface area contributed by atoms with E-state index in [9.17, 15) is 0 Å². The van der Waals surface area contributed by atoms with E-state index < -0.39 is 8.07 Å². The minimum Gasteiger partial charge on any atom is -0.339 e. The molecule has 0 bridgehead atoms. The van der Waals surface area contributed by atoms with Gasteiger partial charge in [0.1, 0.15) is 0 Å². The van der Waals surface area contributed by atoms with Crippen molar-refractivity contribution in [3.8, 4) is 0 Å². The summed E-state index contributed by atoms with van der Waals surface area (Å²) in [4.78, 5) is 4.39. The molecule has 0 aliphatic carbocycles. The van der Waals surface area contributed by atoms with Gasteiger partial charge in [-0.3, -0.25) is 0 Å². The van der Waals surface area contributed by atoms with Gasteiger partial charge in [0, 0.05) is 18.6 Å². The van der Waals surface area contributed by atoms with Gasteiger partial charge in [0.05, 0.1) is 6.33 Å². The van der Waals surface area contributed by atoms with Crippen LogP contribution in [0, 0.1) is 0 Å². The molecule has 0 fully saturated rings. The van der Waals surface area contributed by atoms with Crippen LogP contribution in [0.15, 0.2) is 189 Å². The lowest BCUT2D eigenvalue weighted by Crippen LogP contribution is -2.70. The van der Waals surface area contributed by atoms with E-state index in [1.54, 1.807) is 0 Å². The molecule has 0 N–H and O–H groups in total. The first kappa shape index (κ1) is 36.6. The molecule has 2 nitrogen and oxygen atoms in total. The van der Waals surface area contributed by atoms with Gasteiger partial charge in [-0.15, -0.1) is 0 Å². The van der Waals surface area contributed by atoms with Crippen molar-refractivity contribution >= 4 is 46.7 Å². The Kier molecular flexibility index (Phi) is 11.3. The van der Waals surface area contributed by atoms with Crippen LogP contribution < -0.4 is 31.9 Å². The molecule has 0 saturated heterocycles. The van der Waals surface area contributed by atoms with Crippen LogP contribution in [0.25, 0.3) is 0 Å². The second-order valence-corrected chi connectivity index (χ2v) is 19.7. The molecule has 6 aromatic carbocycles. The molecular formula is C48H51BN2Si. The second-order valence-electron chi connectivity index (χ2n) is 15.8. The van der Waals surface area contributed by atoms with Gasteiger partial charge in [-0.25, -0.2) is 4.98 Å². The predicted octanol–water partition coefficient (Wildman–Crippen LogP) is 7.39. The smallest absolute Gasteiger partial charge is 0.241 e. The van der Waals surface area contributed by atoms with Crippen LogP contribution in [0.2, 0.25) is 0 Å². The van der Waals surface area contributed by atoms with Gasteiger partial charge in [0.25, 0.3) is 0 Å². The minimum atomic E-state index is -2.43. The highest BCUT2D eigenvalue weighted by Gasteiger charge is 2.41. The van der Waals surface area contributed by atoms with Gasteiger partial charge >= 0.3 is 0 Å². The first-order valence-corrected chi connectivity index (χ1v) is 20.6. The van der Waals surface area contributed by atoms with Crippen molar-refractivity contribution in [1.82, 2.24) is 9.55 Å². The third kappa shape index (κ3) is 8.46. The van der Waals surface area contributed by atoms with E-state index in [1.807, 2.05) is 12.5 Å². The van der Waals surface area contributed by atoms with Crippen molar-refractivity contribution in [2.24, 2.45) is 0 Å². The molecular weight excluding hydrogens is 643 g/mol. The Morgan fingerprint density at radius 3 is 1.23 bits per heavy atom. The fourth-order valence-electron chi connectivity index (χ4n) is 7.17. The molecule has 4 heteroatoms. The molecule has 0 amide bonds. The SMILES string of the molecule is CC(C)(C)c1cccc([Si](Cn2ccnc2)(c2ccccc2)c2cccc(C(C)(C)C)c2)c1.c1ccc(B(c2ccccc2)c2ccccc2)cc1. The number of nitrogens with zero attached hydrogens (tertiary/aromatic N) is 2. The summed E-state index contributed by atoms with van der Waals surface area (Å²) in [6.07, 6.45) is 6.87. The average Bonchev–Trinajstić information content (AvgIpc) is 3.69. The summed E-state index contributed by atoms with van der Waals surface area (Å²) in [6, 6.07) is 61.9. The molecule has 1 heterocycles. The molecule has 0 aliphatic rings. The van der Waals surface area contributed by atoms with Crippen molar-refractivity contribution in [1.29, 1.82) is 0 Å². The van der Waals surface area contributed by atoms with Gasteiger partial charge in [-0.05, 0) is 37.5 Å². The molecule has 0 saturated carbocycles. The van der Waals surface area contributed by atoms with Crippen molar-refractivity contribution in [2.75, 3.05) is 0 Å². The van der Waals surface area contributed by atoms with Crippen LogP contribution in [0.3, 0.4) is 0 Å². The van der Waals surface area contributed by atoms with E-state index in [2.05, 4.69) is 227 Å². The lowest BCUT2D eigenvalue weighted by Gasteiger charge is -2.36. The molecule has 0 spiro atoms. The Balaban J connectivity index is 0.000000206. The highest BCUT2D eigenvalue weighted by Crippen LogP contribution is 2.24. The standard InChI is InChI=1S/C30H36N2Si.C18H15B/c1-29(2,3)24-12-10-16-27(20-24)33(23-32-19-18-31-22-32,26-14-8-7-9-15-26)28-17-11-13-25(21-28)30(4,5)6;1-4-10-16(11-5-1)19(17-12-6-2-7-13-17)18-14-8-3-9-15-18/h7-22H,23H2,1-6H3;1-15H. The monoisotopic (exact) mass is 694 g/mol. The van der Waals surface area contributed by atoms with E-state index in [1.165, 1.54) is 43.1 Å². The maximum atomic E-state index is 4.39. The molecule has 52 heavy (non-hydrogen) atoms. The second kappa shape index (κ2) is 16.0. The zero-order valence-electron chi connectivity index (χ0n) is 31.6. The van der Waals surface area contributed by atoms with Crippen molar-refractivity contribution in [2.45, 2.75) is 58.5 Å². The van der Waals surface area contributed by atoms with Crippen molar-refractivity contribution in [3.63, 3.8) is 0 Å². The number of aromatic nitrogens is 2. The van der Waals surface area contributed by atoms with Gasteiger partial charge in [0.15, 0.2) is 8.07 Å². The minimum absolute atomic E-state index is 0.0924. The number of benzene rings is 6. The summed E-state index contributed by atoms with van der Waals surface area (Å²) in [6.45, 7) is 14.1. The largest absolute Gasteiger partial charge is 0.339 e. The number of imidazole rings is 1. The predicted molar refractivity (Wildman–Crippen MR) is 228 cm³/mol. The van der Waals surface area contributed by atoms with E-state index in [4.69, 9.17) is 0 Å². The molecule has 0 aliphatic heterocycles. The summed E-state index contributed by atoms with van der Waals surface area (Å²) in [7, 11) is -2.43. The Bertz CT molecular complexity index is 1970. The number of rotatable bonds is 8. The van der Waals surface area contributed by atoms with Crippen molar-refractivity contribution < 1.29 is 0 Å². The summed E-state index contributed by atoms with van der Waals surface area (Å²) < 4.78 is 2.27. The van der Waals surface area contributed by atoms with Gasteiger partial charge in [-0.2, -0.15) is 0 Å². The maximum Gasteiger partial charge on any atom is 0.241 e. The Hall–Kier alpha value is -5.19. The summed E-state index contributed by atoms with van der Waals surface area (Å²) >= 11 is 0. The van der Waals surface area contributed by atoms with Crippen molar-refractivity contribution in [3.05, 3.63) is 200 Å². The van der Waals surface area contributed by atoms with Crippen LogP contribution in [0.1, 0.15) is 52.7 Å². The molecule has 7 rings (SSSR count). The zero-order chi connectivity index (χ0) is 36.6. The lowest BCUT2D eigenvalue weighted by molar-refractivity contribution is 0.590. The van der Waals surface area contributed by atoms with Gasteiger partial charge in [-0.1, -0.05) is 228 Å². The Labute approximate surface area is 313 Å². The van der Waals surface area contributed by atoms with Crippen LogP contribution in [0.4, 0.5) is 0 Å². The lowest BCUT2D eigenvalue weighted by atomic mass is 9.37. The summed E-state index contributed by atoms with van der Waals surface area (Å²) in [5.74, 6) is 0. The van der Waals surface area contributed by atoms with Gasteiger partial charge < -0.3 is 4.57 Å². The van der Waals surface area contributed by atoms with Crippen LogP contribution >= 0.6 is 0 Å². The van der Waals surface area contributed by atoms with E-state index in [-0.39, 0.29) is 10.8 Å². The fraction of sp³-hybridized carbons (Fsp3) is 0.188. The quantitative estimate of drug-likeness (QED) is 0.120. The first-order chi connectivity index (χ1) is 25.1. The van der Waals surface area contributed by atoms with E-state index in [0.717, 1.165) is 6.17 Å². The number of hydrogen-bond acceptors (Lipinski definition) is 1. The Morgan fingerprint density at radius 1 is 0.481 bits per heavy atom. The normalized spacial score (nSPS) is 11.7. The first-order valence-electron chi connectivity index (χ1n) is 18.4. The molecule has 0 radical (unpaired) electrons. The number of hydrogen-bond donors (Lipinski definition) is 0.